The highest BCUT2D eigenvalue weighted by molar-refractivity contribution is 5.97. The number of aromatic nitrogens is 1. The molecule has 2 saturated carbocycles. The van der Waals surface area contributed by atoms with Gasteiger partial charge in [-0.1, -0.05) is 19.1 Å². The van der Waals surface area contributed by atoms with Gasteiger partial charge in [-0.25, -0.2) is 13.8 Å². The predicted molar refractivity (Wildman–Crippen MR) is 101 cm³/mol. The highest BCUT2D eigenvalue weighted by atomic mass is 19.2. The van der Waals surface area contributed by atoms with Gasteiger partial charge in [0.15, 0.2) is 17.4 Å². The number of rotatable bonds is 5. The molecule has 2 aliphatic carbocycles. The van der Waals surface area contributed by atoms with Crippen molar-refractivity contribution in [1.82, 2.24) is 4.98 Å². The van der Waals surface area contributed by atoms with Crippen LogP contribution in [-0.4, -0.2) is 10.8 Å². The van der Waals surface area contributed by atoms with Crippen molar-refractivity contribution in [2.75, 3.05) is 0 Å². The molecule has 2 aliphatic rings. The van der Waals surface area contributed by atoms with Crippen molar-refractivity contribution in [2.45, 2.75) is 63.7 Å². The van der Waals surface area contributed by atoms with Crippen LogP contribution in [0.25, 0.3) is 0 Å². The summed E-state index contributed by atoms with van der Waals surface area (Å²) < 4.78 is 26.7. The number of benzene rings is 1. The van der Waals surface area contributed by atoms with Gasteiger partial charge in [-0.3, -0.25) is 4.79 Å². The third-order valence-corrected chi connectivity index (χ3v) is 6.11. The maximum atomic E-state index is 13.5. The Morgan fingerprint density at radius 3 is 2.30 bits per heavy atom. The molecule has 27 heavy (non-hydrogen) atoms. The zero-order valence-corrected chi connectivity index (χ0v) is 15.7. The number of hydrogen-bond acceptors (Lipinski definition) is 2. The van der Waals surface area contributed by atoms with Crippen molar-refractivity contribution in [3.05, 3.63) is 64.5 Å². The lowest BCUT2D eigenvalue weighted by atomic mass is 9.76. The highest BCUT2D eigenvalue weighted by Crippen LogP contribution is 2.43. The normalized spacial score (nSPS) is 22.6. The van der Waals surface area contributed by atoms with Crippen LogP contribution in [0.2, 0.25) is 0 Å². The minimum atomic E-state index is -0.808. The number of aryl methyl sites for hydroxylation is 1. The van der Waals surface area contributed by atoms with E-state index in [9.17, 15) is 13.6 Å². The van der Waals surface area contributed by atoms with Crippen LogP contribution in [0.3, 0.4) is 0 Å². The third kappa shape index (κ3) is 3.80. The van der Waals surface area contributed by atoms with Gasteiger partial charge in [-0.15, -0.1) is 0 Å². The van der Waals surface area contributed by atoms with E-state index in [4.69, 9.17) is 0 Å². The Hall–Kier alpha value is -2.10. The molecule has 142 valence electrons. The van der Waals surface area contributed by atoms with E-state index < -0.39 is 11.6 Å². The predicted octanol–water partition coefficient (Wildman–Crippen LogP) is 5.96. The van der Waals surface area contributed by atoms with Crippen molar-refractivity contribution in [3.63, 3.8) is 0 Å². The molecular weight excluding hydrogens is 344 g/mol. The average molecular weight is 369 g/mol. The molecule has 0 radical (unpaired) electrons. The lowest BCUT2D eigenvalue weighted by Crippen LogP contribution is -2.23. The SMILES string of the molecule is CCc1ccc(C2CC2)c(C(=O)C2CCC(c3ccc(F)c(F)c3)CC2)n1. The van der Waals surface area contributed by atoms with Crippen LogP contribution in [-0.2, 0) is 6.42 Å². The van der Waals surface area contributed by atoms with Crippen LogP contribution in [0.15, 0.2) is 30.3 Å². The molecule has 0 spiro atoms. The van der Waals surface area contributed by atoms with E-state index in [0.29, 0.717) is 11.6 Å². The van der Waals surface area contributed by atoms with Gasteiger partial charge >= 0.3 is 0 Å². The molecule has 1 aromatic heterocycles. The number of ketones is 1. The lowest BCUT2D eigenvalue weighted by molar-refractivity contribution is 0.0877. The zero-order chi connectivity index (χ0) is 19.0. The number of carbonyl (C=O) groups is 1. The third-order valence-electron chi connectivity index (χ3n) is 6.11. The van der Waals surface area contributed by atoms with Gasteiger partial charge in [-0.05, 0) is 86.1 Å². The van der Waals surface area contributed by atoms with Crippen molar-refractivity contribution < 1.29 is 13.6 Å². The van der Waals surface area contributed by atoms with Crippen LogP contribution < -0.4 is 0 Å². The molecule has 0 saturated heterocycles. The summed E-state index contributed by atoms with van der Waals surface area (Å²) in [5.74, 6) is -0.736. The Morgan fingerprint density at radius 1 is 0.963 bits per heavy atom. The second-order valence-corrected chi connectivity index (χ2v) is 7.95. The monoisotopic (exact) mass is 369 g/mol. The Bertz CT molecular complexity index is 851. The summed E-state index contributed by atoms with van der Waals surface area (Å²) in [7, 11) is 0. The van der Waals surface area contributed by atoms with E-state index in [1.54, 1.807) is 6.07 Å². The number of carbonyl (C=O) groups excluding carboxylic acids is 1. The fraction of sp³-hybridized carbons (Fsp3) is 0.478. The van der Waals surface area contributed by atoms with E-state index >= 15 is 0 Å². The van der Waals surface area contributed by atoms with Crippen molar-refractivity contribution in [1.29, 1.82) is 0 Å². The van der Waals surface area contributed by atoms with E-state index in [2.05, 4.69) is 18.0 Å². The molecule has 0 amide bonds. The fourth-order valence-corrected chi connectivity index (χ4v) is 4.28. The first-order valence-corrected chi connectivity index (χ1v) is 10.1. The standard InChI is InChI=1S/C23H25F2NO/c1-2-18-10-11-19(15-5-6-15)22(26-18)23(27)16-7-3-14(4-8-16)17-9-12-20(24)21(25)13-17/h9-16H,2-8H2,1H3. The van der Waals surface area contributed by atoms with E-state index in [0.717, 1.165) is 61.8 Å². The molecule has 2 aromatic rings. The largest absolute Gasteiger partial charge is 0.292 e. The molecule has 1 heterocycles. The molecule has 4 heteroatoms. The van der Waals surface area contributed by atoms with E-state index in [1.165, 1.54) is 12.1 Å². The van der Waals surface area contributed by atoms with Crippen molar-refractivity contribution in [2.24, 2.45) is 5.92 Å². The van der Waals surface area contributed by atoms with Gasteiger partial charge in [0, 0.05) is 11.6 Å². The minimum Gasteiger partial charge on any atom is -0.292 e. The smallest absolute Gasteiger partial charge is 0.184 e. The molecule has 1 aromatic carbocycles. The van der Waals surface area contributed by atoms with Crippen LogP contribution >= 0.6 is 0 Å². The Morgan fingerprint density at radius 2 is 1.67 bits per heavy atom. The molecule has 4 rings (SSSR count). The number of Topliss-reactive ketones (excluding diaryl/α,β-unsaturated/α-hetero) is 1. The molecule has 0 N–H and O–H groups in total. The van der Waals surface area contributed by atoms with E-state index in [1.807, 2.05) is 6.07 Å². The number of hydrogen-bond donors (Lipinski definition) is 0. The second-order valence-electron chi connectivity index (χ2n) is 7.95. The number of halogens is 2. The second kappa shape index (κ2) is 7.49. The summed E-state index contributed by atoms with van der Waals surface area (Å²) in [6.07, 6.45) is 6.34. The summed E-state index contributed by atoms with van der Waals surface area (Å²) in [5.41, 5.74) is 3.62. The van der Waals surface area contributed by atoms with Crippen LogP contribution in [0.4, 0.5) is 8.78 Å². The van der Waals surface area contributed by atoms with Gasteiger partial charge in [0.25, 0.3) is 0 Å². The Labute approximate surface area is 159 Å². The van der Waals surface area contributed by atoms with Gasteiger partial charge in [0.1, 0.15) is 5.69 Å². The van der Waals surface area contributed by atoms with Gasteiger partial charge in [0.05, 0.1) is 0 Å². The molecule has 0 bridgehead atoms. The highest BCUT2D eigenvalue weighted by Gasteiger charge is 2.33. The Balaban J connectivity index is 1.48. The van der Waals surface area contributed by atoms with E-state index in [-0.39, 0.29) is 17.6 Å². The fourth-order valence-electron chi connectivity index (χ4n) is 4.28. The number of pyridine rings is 1. The molecule has 0 unspecified atom stereocenters. The topological polar surface area (TPSA) is 30.0 Å². The summed E-state index contributed by atoms with van der Waals surface area (Å²) in [5, 5.41) is 0. The summed E-state index contributed by atoms with van der Waals surface area (Å²) in [6, 6.07) is 8.32. The van der Waals surface area contributed by atoms with Gasteiger partial charge < -0.3 is 0 Å². The summed E-state index contributed by atoms with van der Waals surface area (Å²) in [4.78, 5) is 17.9. The minimum absolute atomic E-state index is 0.0105. The van der Waals surface area contributed by atoms with Crippen molar-refractivity contribution in [3.8, 4) is 0 Å². The molecule has 2 nitrogen and oxygen atoms in total. The lowest BCUT2D eigenvalue weighted by Gasteiger charge is -2.28. The summed E-state index contributed by atoms with van der Waals surface area (Å²) in [6.45, 7) is 2.06. The Kier molecular flexibility index (Phi) is 5.07. The van der Waals surface area contributed by atoms with Crippen LogP contribution in [0.5, 0.6) is 0 Å². The maximum absolute atomic E-state index is 13.5. The maximum Gasteiger partial charge on any atom is 0.184 e. The first kappa shape index (κ1) is 18.3. The molecule has 0 aliphatic heterocycles. The zero-order valence-electron chi connectivity index (χ0n) is 15.7. The molecule has 0 atom stereocenters. The number of nitrogens with zero attached hydrogens (tertiary/aromatic N) is 1. The quantitative estimate of drug-likeness (QED) is 0.609. The first-order valence-electron chi connectivity index (χ1n) is 10.1. The van der Waals surface area contributed by atoms with Crippen molar-refractivity contribution >= 4 is 5.78 Å². The molecular formula is C23H25F2NO. The van der Waals surface area contributed by atoms with Crippen LogP contribution in [0.1, 0.15) is 84.6 Å². The van der Waals surface area contributed by atoms with Crippen LogP contribution in [0, 0.1) is 17.6 Å². The molecule has 2 fully saturated rings. The van der Waals surface area contributed by atoms with Gasteiger partial charge in [0.2, 0.25) is 0 Å². The summed E-state index contributed by atoms with van der Waals surface area (Å²) >= 11 is 0. The average Bonchev–Trinajstić information content (AvgIpc) is 3.54. The first-order chi connectivity index (χ1) is 13.1. The van der Waals surface area contributed by atoms with Gasteiger partial charge in [-0.2, -0.15) is 0 Å².